The fourth-order valence-corrected chi connectivity index (χ4v) is 3.60. The van der Waals surface area contributed by atoms with Crippen molar-refractivity contribution >= 4 is 11.9 Å². The van der Waals surface area contributed by atoms with Gasteiger partial charge in [0.05, 0.1) is 12.6 Å². The number of hydrogen-bond donors (Lipinski definition) is 1. The summed E-state index contributed by atoms with van der Waals surface area (Å²) >= 11 is 0. The Balaban J connectivity index is 1.68. The lowest BCUT2D eigenvalue weighted by Gasteiger charge is -2.32. The van der Waals surface area contributed by atoms with E-state index in [1.54, 1.807) is 6.21 Å². The second kappa shape index (κ2) is 9.72. The number of aliphatic imine (C=N–C) groups is 1. The highest BCUT2D eigenvalue weighted by Gasteiger charge is 2.22. The molecule has 0 unspecified atom stereocenters. The van der Waals surface area contributed by atoms with Crippen LogP contribution in [0.1, 0.15) is 22.7 Å². The minimum atomic E-state index is -0.489. The van der Waals surface area contributed by atoms with E-state index in [9.17, 15) is 9.50 Å². The lowest BCUT2D eigenvalue weighted by Crippen LogP contribution is -2.24. The third-order valence-electron chi connectivity index (χ3n) is 5.01. The predicted octanol–water partition coefficient (Wildman–Crippen LogP) is 6.12. The van der Waals surface area contributed by atoms with Gasteiger partial charge in [-0.25, -0.2) is 4.39 Å². The quantitative estimate of drug-likeness (QED) is 0.497. The highest BCUT2D eigenvalue weighted by atomic mass is 19.1. The van der Waals surface area contributed by atoms with Gasteiger partial charge in [-0.05, 0) is 41.0 Å². The van der Waals surface area contributed by atoms with E-state index in [1.165, 1.54) is 12.1 Å². The molecule has 0 spiro atoms. The Morgan fingerprint density at radius 3 is 2.39 bits per heavy atom. The number of phenols is 1. The van der Waals surface area contributed by atoms with E-state index in [0.29, 0.717) is 12.1 Å². The van der Waals surface area contributed by atoms with E-state index < -0.39 is 5.82 Å². The summed E-state index contributed by atoms with van der Waals surface area (Å²) < 4.78 is 13.6. The summed E-state index contributed by atoms with van der Waals surface area (Å²) in [7, 11) is 0. The molecule has 154 valence electrons. The van der Waals surface area contributed by atoms with Crippen LogP contribution in [0, 0.1) is 5.82 Å². The zero-order valence-electron chi connectivity index (χ0n) is 17.0. The topological polar surface area (TPSA) is 35.8 Å². The Morgan fingerprint density at radius 2 is 1.65 bits per heavy atom. The van der Waals surface area contributed by atoms with Gasteiger partial charge in [-0.3, -0.25) is 4.99 Å². The predicted molar refractivity (Wildman–Crippen MR) is 124 cm³/mol. The summed E-state index contributed by atoms with van der Waals surface area (Å²) in [6.07, 6.45) is 11.8. The van der Waals surface area contributed by atoms with Gasteiger partial charge in [-0.15, -0.1) is 0 Å². The molecule has 3 nitrogen and oxygen atoms in total. The van der Waals surface area contributed by atoms with E-state index in [1.807, 2.05) is 54.6 Å². The fourth-order valence-electron chi connectivity index (χ4n) is 3.60. The summed E-state index contributed by atoms with van der Waals surface area (Å²) in [5, 5.41) is 9.64. The van der Waals surface area contributed by atoms with E-state index >= 15 is 0 Å². The van der Waals surface area contributed by atoms with Crippen molar-refractivity contribution < 1.29 is 9.50 Å². The van der Waals surface area contributed by atoms with Gasteiger partial charge in [0.15, 0.2) is 0 Å². The molecule has 0 aliphatic carbocycles. The Labute approximate surface area is 181 Å². The van der Waals surface area contributed by atoms with Crippen molar-refractivity contribution in [1.82, 2.24) is 4.90 Å². The molecule has 0 bridgehead atoms. The first kappa shape index (κ1) is 20.4. The fraction of sp³-hybridized carbons (Fsp3) is 0.0741. The average Bonchev–Trinajstić information content (AvgIpc) is 3.03. The van der Waals surface area contributed by atoms with Crippen LogP contribution in [-0.2, 0) is 0 Å². The van der Waals surface area contributed by atoms with Gasteiger partial charge in [0.25, 0.3) is 0 Å². The number of benzene rings is 3. The number of allylic oxidation sites excluding steroid dienone is 4. The first-order valence-corrected chi connectivity index (χ1v) is 10.1. The van der Waals surface area contributed by atoms with Crippen molar-refractivity contribution in [1.29, 1.82) is 0 Å². The van der Waals surface area contributed by atoms with Crippen LogP contribution >= 0.6 is 0 Å². The van der Waals surface area contributed by atoms with E-state index in [-0.39, 0.29) is 11.8 Å². The summed E-state index contributed by atoms with van der Waals surface area (Å²) in [6, 6.07) is 24.3. The molecule has 0 amide bonds. The minimum Gasteiger partial charge on any atom is -0.508 e. The second-order valence-electron chi connectivity index (χ2n) is 7.22. The molecule has 1 heterocycles. The molecule has 0 radical (unpaired) electrons. The number of phenolic OH excluding ortho intramolecular Hbond substituents is 1. The Kier molecular flexibility index (Phi) is 6.38. The molecule has 1 atom stereocenters. The number of aromatic hydroxyl groups is 1. The standard InChI is InChI=1S/C27H23FN2O/c28-24-16-21(17-25(31)18-24)19-29-20-27(23-12-6-2-7-13-23)30-15-9-3-8-14-26(30)22-10-4-1-5-11-22/h1-19,27,31H,20H2/b29-19+/t27-/m0/s1. The summed E-state index contributed by atoms with van der Waals surface area (Å²) in [5.41, 5.74) is 3.82. The number of halogens is 1. The van der Waals surface area contributed by atoms with Crippen molar-refractivity contribution in [2.45, 2.75) is 6.04 Å². The third kappa shape index (κ3) is 5.17. The summed E-state index contributed by atoms with van der Waals surface area (Å²) in [6.45, 7) is 0.454. The van der Waals surface area contributed by atoms with Crippen LogP contribution in [0.15, 0.2) is 114 Å². The van der Waals surface area contributed by atoms with Crippen molar-refractivity contribution in [2.24, 2.45) is 4.99 Å². The van der Waals surface area contributed by atoms with Crippen LogP contribution in [0.2, 0.25) is 0 Å². The minimum absolute atomic E-state index is 0.0674. The molecule has 3 aromatic carbocycles. The van der Waals surface area contributed by atoms with Crippen LogP contribution in [0.4, 0.5) is 4.39 Å². The van der Waals surface area contributed by atoms with Gasteiger partial charge in [-0.1, -0.05) is 72.8 Å². The van der Waals surface area contributed by atoms with Crippen molar-refractivity contribution in [3.63, 3.8) is 0 Å². The Morgan fingerprint density at radius 1 is 0.903 bits per heavy atom. The molecule has 4 heteroatoms. The molecule has 0 saturated heterocycles. The Bertz CT molecular complexity index is 1110. The number of nitrogens with zero attached hydrogens (tertiary/aromatic N) is 2. The van der Waals surface area contributed by atoms with Gasteiger partial charge in [0, 0.05) is 24.2 Å². The zero-order valence-corrected chi connectivity index (χ0v) is 17.0. The van der Waals surface area contributed by atoms with E-state index in [4.69, 9.17) is 0 Å². The maximum absolute atomic E-state index is 13.6. The van der Waals surface area contributed by atoms with Crippen LogP contribution in [-0.4, -0.2) is 22.8 Å². The van der Waals surface area contributed by atoms with Gasteiger partial charge in [0.2, 0.25) is 0 Å². The molecule has 0 aromatic heterocycles. The number of rotatable bonds is 6. The third-order valence-corrected chi connectivity index (χ3v) is 5.01. The molecule has 1 N–H and O–H groups in total. The zero-order chi connectivity index (χ0) is 21.5. The SMILES string of the molecule is Oc1cc(F)cc(/C=N/C[C@@H](c2ccccc2)N2C=CC=CC=C2c2ccccc2)c1. The van der Waals surface area contributed by atoms with Gasteiger partial charge >= 0.3 is 0 Å². The normalized spacial score (nSPS) is 14.5. The van der Waals surface area contributed by atoms with Crippen LogP contribution in [0.3, 0.4) is 0 Å². The largest absolute Gasteiger partial charge is 0.508 e. The molecule has 3 aromatic rings. The molecule has 31 heavy (non-hydrogen) atoms. The molecule has 1 aliphatic heterocycles. The van der Waals surface area contributed by atoms with Gasteiger partial charge in [0.1, 0.15) is 11.6 Å². The summed E-state index contributed by atoms with van der Waals surface area (Å²) in [5.74, 6) is -0.603. The summed E-state index contributed by atoms with van der Waals surface area (Å²) in [4.78, 5) is 6.82. The van der Waals surface area contributed by atoms with Gasteiger partial charge < -0.3 is 10.0 Å². The maximum atomic E-state index is 13.6. The van der Waals surface area contributed by atoms with Crippen LogP contribution in [0.25, 0.3) is 5.70 Å². The highest BCUT2D eigenvalue weighted by molar-refractivity contribution is 5.80. The lowest BCUT2D eigenvalue weighted by atomic mass is 10.0. The van der Waals surface area contributed by atoms with Crippen LogP contribution < -0.4 is 0 Å². The molecule has 0 saturated carbocycles. The molecule has 0 fully saturated rings. The smallest absolute Gasteiger partial charge is 0.127 e. The highest BCUT2D eigenvalue weighted by Crippen LogP contribution is 2.32. The number of hydrogen-bond acceptors (Lipinski definition) is 3. The Hall–Kier alpha value is -3.92. The first-order chi connectivity index (χ1) is 15.2. The molecule has 1 aliphatic rings. The van der Waals surface area contributed by atoms with Crippen molar-refractivity contribution in [3.05, 3.63) is 132 Å². The van der Waals surface area contributed by atoms with Crippen LogP contribution in [0.5, 0.6) is 5.75 Å². The molecular formula is C27H23FN2O. The van der Waals surface area contributed by atoms with E-state index in [0.717, 1.165) is 22.9 Å². The van der Waals surface area contributed by atoms with Crippen molar-refractivity contribution in [3.8, 4) is 5.75 Å². The second-order valence-corrected chi connectivity index (χ2v) is 7.22. The van der Waals surface area contributed by atoms with Crippen molar-refractivity contribution in [2.75, 3.05) is 6.54 Å². The van der Waals surface area contributed by atoms with Gasteiger partial charge in [-0.2, -0.15) is 0 Å². The maximum Gasteiger partial charge on any atom is 0.127 e. The molecular weight excluding hydrogens is 387 g/mol. The van der Waals surface area contributed by atoms with E-state index in [2.05, 4.69) is 46.4 Å². The average molecular weight is 410 g/mol. The monoisotopic (exact) mass is 410 g/mol. The molecule has 4 rings (SSSR count). The first-order valence-electron chi connectivity index (χ1n) is 10.1. The lowest BCUT2D eigenvalue weighted by molar-refractivity contribution is 0.402.